The van der Waals surface area contributed by atoms with Gasteiger partial charge in [0.15, 0.2) is 0 Å². The van der Waals surface area contributed by atoms with E-state index >= 15 is 0 Å². The Morgan fingerprint density at radius 1 is 1.00 bits per heavy atom. The SMILES string of the molecule is COC(=O)c1ccc2[nH]c3c(c2c1)CN(C(=O)c1cc(OC)c(C)c(OC)c1)CC3. The molecule has 0 spiro atoms. The molecule has 0 radical (unpaired) electrons. The number of ether oxygens (including phenoxy) is 3. The average Bonchev–Trinajstić information content (AvgIpc) is 3.15. The second-order valence-corrected chi connectivity index (χ2v) is 7.32. The quantitative estimate of drug-likeness (QED) is 0.669. The van der Waals surface area contributed by atoms with E-state index in [0.717, 1.165) is 27.7 Å². The summed E-state index contributed by atoms with van der Waals surface area (Å²) in [5.74, 6) is 0.764. The largest absolute Gasteiger partial charge is 0.496 e. The zero-order valence-corrected chi connectivity index (χ0v) is 17.5. The lowest BCUT2D eigenvalue weighted by atomic mass is 10.0. The van der Waals surface area contributed by atoms with E-state index < -0.39 is 0 Å². The maximum Gasteiger partial charge on any atom is 0.337 e. The first-order chi connectivity index (χ1) is 14.5. The Balaban J connectivity index is 1.68. The summed E-state index contributed by atoms with van der Waals surface area (Å²) in [5, 5.41) is 0.935. The molecule has 3 aromatic rings. The molecular formula is C23H24N2O5. The third-order valence-electron chi connectivity index (χ3n) is 5.68. The lowest BCUT2D eigenvalue weighted by Gasteiger charge is -2.28. The number of amides is 1. The Kier molecular flexibility index (Phi) is 5.11. The first-order valence-electron chi connectivity index (χ1n) is 9.70. The van der Waals surface area contributed by atoms with Gasteiger partial charge in [-0.2, -0.15) is 0 Å². The zero-order valence-electron chi connectivity index (χ0n) is 17.5. The molecule has 1 N–H and O–H groups in total. The molecule has 0 fully saturated rings. The van der Waals surface area contributed by atoms with Gasteiger partial charge in [-0.1, -0.05) is 0 Å². The van der Waals surface area contributed by atoms with E-state index in [-0.39, 0.29) is 11.9 Å². The number of methoxy groups -OCH3 is 3. The fraction of sp³-hybridized carbons (Fsp3) is 0.304. The molecule has 1 amide bonds. The molecule has 1 aliphatic rings. The number of esters is 1. The number of hydrogen-bond acceptors (Lipinski definition) is 5. The van der Waals surface area contributed by atoms with E-state index in [1.807, 2.05) is 24.0 Å². The molecule has 4 rings (SSSR count). The van der Waals surface area contributed by atoms with Gasteiger partial charge < -0.3 is 24.1 Å². The van der Waals surface area contributed by atoms with Crippen LogP contribution < -0.4 is 9.47 Å². The van der Waals surface area contributed by atoms with Crippen molar-refractivity contribution < 1.29 is 23.8 Å². The number of nitrogens with one attached hydrogen (secondary N) is 1. The summed E-state index contributed by atoms with van der Waals surface area (Å²) in [6, 6.07) is 8.94. The molecule has 0 unspecified atom stereocenters. The highest BCUT2D eigenvalue weighted by Gasteiger charge is 2.26. The van der Waals surface area contributed by atoms with Gasteiger partial charge in [0.1, 0.15) is 11.5 Å². The van der Waals surface area contributed by atoms with E-state index in [1.54, 1.807) is 32.4 Å². The van der Waals surface area contributed by atoms with Crippen molar-refractivity contribution in [3.8, 4) is 11.5 Å². The Hall–Kier alpha value is -3.48. The number of fused-ring (bicyclic) bond motifs is 3. The van der Waals surface area contributed by atoms with Crippen molar-refractivity contribution >= 4 is 22.8 Å². The highest BCUT2D eigenvalue weighted by Crippen LogP contribution is 2.32. The van der Waals surface area contributed by atoms with Crippen LogP contribution in [0.15, 0.2) is 30.3 Å². The van der Waals surface area contributed by atoms with Crippen molar-refractivity contribution in [2.24, 2.45) is 0 Å². The molecule has 2 heterocycles. The van der Waals surface area contributed by atoms with Crippen molar-refractivity contribution in [3.63, 3.8) is 0 Å². The highest BCUT2D eigenvalue weighted by atomic mass is 16.5. The number of hydrogen-bond donors (Lipinski definition) is 1. The minimum Gasteiger partial charge on any atom is -0.496 e. The second kappa shape index (κ2) is 7.74. The van der Waals surface area contributed by atoms with Crippen LogP contribution in [0.2, 0.25) is 0 Å². The van der Waals surface area contributed by atoms with Crippen LogP contribution in [0.3, 0.4) is 0 Å². The van der Waals surface area contributed by atoms with E-state index in [4.69, 9.17) is 14.2 Å². The molecule has 0 atom stereocenters. The molecule has 0 bridgehead atoms. The van der Waals surface area contributed by atoms with Gasteiger partial charge in [0.25, 0.3) is 5.91 Å². The molecule has 30 heavy (non-hydrogen) atoms. The molecule has 2 aromatic carbocycles. The third kappa shape index (κ3) is 3.26. The van der Waals surface area contributed by atoms with Crippen molar-refractivity contribution in [1.82, 2.24) is 9.88 Å². The lowest BCUT2D eigenvalue weighted by molar-refractivity contribution is 0.0600. The summed E-state index contributed by atoms with van der Waals surface area (Å²) in [4.78, 5) is 30.4. The average molecular weight is 408 g/mol. The minimum atomic E-state index is -0.380. The molecule has 156 valence electrons. The topological polar surface area (TPSA) is 80.9 Å². The number of aromatic nitrogens is 1. The maximum absolute atomic E-state index is 13.3. The fourth-order valence-corrected chi connectivity index (χ4v) is 4.02. The number of carbonyl (C=O) groups excluding carboxylic acids is 2. The fourth-order valence-electron chi connectivity index (χ4n) is 4.02. The van der Waals surface area contributed by atoms with Crippen molar-refractivity contribution in [3.05, 3.63) is 58.3 Å². The Morgan fingerprint density at radius 3 is 2.33 bits per heavy atom. The van der Waals surface area contributed by atoms with Gasteiger partial charge in [-0.15, -0.1) is 0 Å². The maximum atomic E-state index is 13.3. The molecule has 7 nitrogen and oxygen atoms in total. The predicted molar refractivity (Wildman–Crippen MR) is 112 cm³/mol. The molecule has 1 aromatic heterocycles. The summed E-state index contributed by atoms with van der Waals surface area (Å²) in [6.07, 6.45) is 0.712. The molecule has 1 aliphatic heterocycles. The van der Waals surface area contributed by atoms with E-state index in [2.05, 4.69) is 4.98 Å². The minimum absolute atomic E-state index is 0.0873. The Morgan fingerprint density at radius 2 is 1.70 bits per heavy atom. The molecule has 0 aliphatic carbocycles. The van der Waals surface area contributed by atoms with Gasteiger partial charge in [0.05, 0.1) is 26.9 Å². The summed E-state index contributed by atoms with van der Waals surface area (Å²) in [7, 11) is 4.52. The lowest BCUT2D eigenvalue weighted by Crippen LogP contribution is -2.35. The number of nitrogens with zero attached hydrogens (tertiary/aromatic N) is 1. The van der Waals surface area contributed by atoms with Gasteiger partial charge in [0.2, 0.25) is 0 Å². The standard InChI is InChI=1S/C23H24N2O5/c1-13-20(28-2)10-15(11-21(13)29-3)22(26)25-8-7-19-17(12-25)16-9-14(23(27)30-4)5-6-18(16)24-19/h5-6,9-11,24H,7-8,12H2,1-4H3. The van der Waals surface area contributed by atoms with Crippen LogP contribution in [-0.4, -0.2) is 49.6 Å². The predicted octanol–water partition coefficient (Wildman–Crippen LogP) is 3.48. The molecule has 0 saturated heterocycles. The van der Waals surface area contributed by atoms with Crippen molar-refractivity contribution in [1.29, 1.82) is 0 Å². The van der Waals surface area contributed by atoms with E-state index in [1.165, 1.54) is 7.11 Å². The zero-order chi connectivity index (χ0) is 21.4. The smallest absolute Gasteiger partial charge is 0.337 e. The van der Waals surface area contributed by atoms with Gasteiger partial charge in [-0.05, 0) is 37.3 Å². The van der Waals surface area contributed by atoms with Crippen LogP contribution in [0.5, 0.6) is 11.5 Å². The normalized spacial score (nSPS) is 13.1. The number of rotatable bonds is 4. The van der Waals surface area contributed by atoms with Crippen LogP contribution in [0.1, 0.15) is 37.5 Å². The number of carbonyl (C=O) groups is 2. The van der Waals surface area contributed by atoms with Gasteiger partial charge in [-0.25, -0.2) is 4.79 Å². The first kappa shape index (κ1) is 19.8. The van der Waals surface area contributed by atoms with Crippen molar-refractivity contribution in [2.75, 3.05) is 27.9 Å². The van der Waals surface area contributed by atoms with E-state index in [0.29, 0.717) is 42.1 Å². The molecule has 0 saturated carbocycles. The Bertz CT molecular complexity index is 1120. The van der Waals surface area contributed by atoms with Crippen LogP contribution in [0.4, 0.5) is 0 Å². The summed E-state index contributed by atoms with van der Waals surface area (Å²) in [5.41, 5.74) is 4.93. The van der Waals surface area contributed by atoms with Gasteiger partial charge >= 0.3 is 5.97 Å². The highest BCUT2D eigenvalue weighted by molar-refractivity contribution is 5.98. The van der Waals surface area contributed by atoms with Crippen LogP contribution >= 0.6 is 0 Å². The van der Waals surface area contributed by atoms with Gasteiger partial charge in [-0.3, -0.25) is 4.79 Å². The second-order valence-electron chi connectivity index (χ2n) is 7.32. The first-order valence-corrected chi connectivity index (χ1v) is 9.70. The van der Waals surface area contributed by atoms with E-state index in [9.17, 15) is 9.59 Å². The number of benzene rings is 2. The Labute approximate surface area is 174 Å². The number of aromatic amines is 1. The molecular weight excluding hydrogens is 384 g/mol. The van der Waals surface area contributed by atoms with Crippen LogP contribution in [0, 0.1) is 6.92 Å². The summed E-state index contributed by atoms with van der Waals surface area (Å²) in [6.45, 7) is 2.95. The number of H-pyrrole nitrogens is 1. The van der Waals surface area contributed by atoms with Crippen molar-refractivity contribution in [2.45, 2.75) is 19.9 Å². The van der Waals surface area contributed by atoms with Crippen LogP contribution in [-0.2, 0) is 17.7 Å². The van der Waals surface area contributed by atoms with Crippen LogP contribution in [0.25, 0.3) is 10.9 Å². The monoisotopic (exact) mass is 408 g/mol. The van der Waals surface area contributed by atoms with Gasteiger partial charge in [0, 0.05) is 52.8 Å². The third-order valence-corrected chi connectivity index (χ3v) is 5.68. The molecule has 7 heteroatoms. The summed E-state index contributed by atoms with van der Waals surface area (Å²) >= 11 is 0. The summed E-state index contributed by atoms with van der Waals surface area (Å²) < 4.78 is 15.7.